The molecule has 8 nitrogen and oxygen atoms in total. The Bertz CT molecular complexity index is 337. The van der Waals surface area contributed by atoms with Crippen LogP contribution in [0, 0.1) is 0 Å². The van der Waals surface area contributed by atoms with Crippen LogP contribution in [0.4, 0.5) is 0 Å². The van der Waals surface area contributed by atoms with Gasteiger partial charge in [-0.2, -0.15) is 0 Å². The smallest absolute Gasteiger partial charge is 0.246 e. The summed E-state index contributed by atoms with van der Waals surface area (Å²) < 4.78 is 15.7. The molecular weight excluding hydrogens is 280 g/mol. The molecular formula is C13H24N2O6. The first-order valence-electron chi connectivity index (χ1n) is 7.19. The summed E-state index contributed by atoms with van der Waals surface area (Å²) in [5, 5.41) is 22.4. The third-order valence-corrected chi connectivity index (χ3v) is 3.88. The van der Waals surface area contributed by atoms with E-state index in [-0.39, 0.29) is 37.8 Å². The largest absolute Gasteiger partial charge is 0.394 e. The quantitative estimate of drug-likeness (QED) is 0.502. The van der Waals surface area contributed by atoms with Crippen LogP contribution in [0.3, 0.4) is 0 Å². The number of amides is 1. The van der Waals surface area contributed by atoms with E-state index in [9.17, 15) is 15.0 Å². The van der Waals surface area contributed by atoms with E-state index in [0.717, 1.165) is 0 Å². The van der Waals surface area contributed by atoms with Crippen LogP contribution in [0.15, 0.2) is 0 Å². The van der Waals surface area contributed by atoms with E-state index in [4.69, 9.17) is 14.2 Å². The van der Waals surface area contributed by atoms with E-state index in [2.05, 4.69) is 10.2 Å². The second kappa shape index (κ2) is 8.02. The minimum atomic E-state index is -0.780. The van der Waals surface area contributed by atoms with Crippen molar-refractivity contribution in [2.45, 2.75) is 24.4 Å². The first kappa shape index (κ1) is 16.6. The molecule has 0 aromatic carbocycles. The number of rotatable bonds is 6. The molecule has 3 N–H and O–H groups in total. The molecule has 0 aromatic rings. The van der Waals surface area contributed by atoms with E-state index < -0.39 is 12.2 Å². The van der Waals surface area contributed by atoms with Gasteiger partial charge in [-0.1, -0.05) is 0 Å². The molecule has 0 unspecified atom stereocenters. The fraction of sp³-hybridized carbons (Fsp3) is 0.923. The average Bonchev–Trinajstić information content (AvgIpc) is 2.82. The fourth-order valence-electron chi connectivity index (χ4n) is 2.87. The summed E-state index contributed by atoms with van der Waals surface area (Å²) in [6, 6.07) is -0.256. The third kappa shape index (κ3) is 4.12. The molecule has 0 aliphatic carbocycles. The number of nitrogens with zero attached hydrogens (tertiary/aromatic N) is 1. The average molecular weight is 304 g/mol. The highest BCUT2D eigenvalue weighted by Gasteiger charge is 2.46. The van der Waals surface area contributed by atoms with Crippen LogP contribution < -0.4 is 5.32 Å². The van der Waals surface area contributed by atoms with Gasteiger partial charge in [-0.15, -0.1) is 0 Å². The molecule has 2 fully saturated rings. The fourth-order valence-corrected chi connectivity index (χ4v) is 2.87. The Balaban J connectivity index is 1.96. The van der Waals surface area contributed by atoms with Crippen LogP contribution in [0.5, 0.6) is 0 Å². The second-order valence-electron chi connectivity index (χ2n) is 5.26. The highest BCUT2D eigenvalue weighted by atomic mass is 16.5. The lowest BCUT2D eigenvalue weighted by Gasteiger charge is -2.36. The molecule has 21 heavy (non-hydrogen) atoms. The lowest BCUT2D eigenvalue weighted by Crippen LogP contribution is -2.54. The van der Waals surface area contributed by atoms with E-state index in [0.29, 0.717) is 26.3 Å². The monoisotopic (exact) mass is 304 g/mol. The van der Waals surface area contributed by atoms with E-state index in [1.165, 1.54) is 7.11 Å². The maximum atomic E-state index is 11.5. The minimum Gasteiger partial charge on any atom is -0.394 e. The Morgan fingerprint density at radius 1 is 1.38 bits per heavy atom. The highest BCUT2D eigenvalue weighted by molar-refractivity contribution is 5.77. The van der Waals surface area contributed by atoms with Crippen LogP contribution >= 0.6 is 0 Å². The lowest BCUT2D eigenvalue weighted by atomic mass is 10.0. The molecule has 8 heteroatoms. The molecule has 2 aliphatic heterocycles. The Morgan fingerprint density at radius 3 is 2.71 bits per heavy atom. The van der Waals surface area contributed by atoms with Gasteiger partial charge in [0.1, 0.15) is 18.8 Å². The van der Waals surface area contributed by atoms with Gasteiger partial charge in [-0.25, -0.2) is 0 Å². The highest BCUT2D eigenvalue weighted by Crippen LogP contribution is 2.26. The molecule has 2 rings (SSSR count). The Kier molecular flexibility index (Phi) is 6.34. The van der Waals surface area contributed by atoms with Crippen molar-refractivity contribution in [3.63, 3.8) is 0 Å². The zero-order valence-electron chi connectivity index (χ0n) is 12.2. The molecule has 2 heterocycles. The standard InChI is InChI=1S/C13H24N2O6/c1-19-8-11(17)14-6-9-12(13(18)10(7-16)21-9)15-2-4-20-5-3-15/h9-10,12-13,16,18H,2-8H2,1H3,(H,14,17)/t9-,10+,12+,13-/m1/s1. The van der Waals surface area contributed by atoms with Crippen LogP contribution in [-0.2, 0) is 19.0 Å². The summed E-state index contributed by atoms with van der Waals surface area (Å²) >= 11 is 0. The predicted molar refractivity (Wildman–Crippen MR) is 72.8 cm³/mol. The van der Waals surface area contributed by atoms with Crippen LogP contribution in [0.1, 0.15) is 0 Å². The zero-order chi connectivity index (χ0) is 15.2. The van der Waals surface area contributed by atoms with Gasteiger partial charge in [0.15, 0.2) is 0 Å². The van der Waals surface area contributed by atoms with Gasteiger partial charge in [0.2, 0.25) is 5.91 Å². The molecule has 0 radical (unpaired) electrons. The van der Waals surface area contributed by atoms with Gasteiger partial charge >= 0.3 is 0 Å². The molecule has 0 aromatic heterocycles. The van der Waals surface area contributed by atoms with Gasteiger partial charge in [0, 0.05) is 26.7 Å². The normalized spacial score (nSPS) is 34.0. The number of aliphatic hydroxyl groups is 2. The molecule has 0 saturated carbocycles. The van der Waals surface area contributed by atoms with Gasteiger partial charge in [0.05, 0.1) is 32.0 Å². The summed E-state index contributed by atoms with van der Waals surface area (Å²) in [4.78, 5) is 13.6. The molecule has 0 bridgehead atoms. The van der Waals surface area contributed by atoms with E-state index in [1.54, 1.807) is 0 Å². The van der Waals surface area contributed by atoms with Crippen molar-refractivity contribution in [1.82, 2.24) is 10.2 Å². The number of carbonyl (C=O) groups is 1. The molecule has 122 valence electrons. The van der Waals surface area contributed by atoms with E-state index >= 15 is 0 Å². The Hall–Kier alpha value is -0.770. The van der Waals surface area contributed by atoms with Gasteiger partial charge in [-0.3, -0.25) is 9.69 Å². The number of ether oxygens (including phenoxy) is 3. The Morgan fingerprint density at radius 2 is 2.10 bits per heavy atom. The summed E-state index contributed by atoms with van der Waals surface area (Å²) in [6.07, 6.45) is -1.77. The number of morpholine rings is 1. The molecule has 2 saturated heterocycles. The SMILES string of the molecule is COCC(=O)NC[C@H]1O[C@@H](CO)[C@@H](O)[C@H]1N1CCOCC1. The topological polar surface area (TPSA) is 100 Å². The number of hydrogen-bond donors (Lipinski definition) is 3. The van der Waals surface area contributed by atoms with E-state index in [1.807, 2.05) is 0 Å². The molecule has 0 spiro atoms. The van der Waals surface area contributed by atoms with Crippen molar-refractivity contribution in [2.24, 2.45) is 0 Å². The van der Waals surface area contributed by atoms with Crippen molar-refractivity contribution in [2.75, 3.05) is 53.2 Å². The summed E-state index contributed by atoms with van der Waals surface area (Å²) in [5.74, 6) is -0.233. The molecule has 4 atom stereocenters. The Labute approximate surface area is 124 Å². The zero-order valence-corrected chi connectivity index (χ0v) is 12.2. The van der Waals surface area contributed by atoms with Crippen molar-refractivity contribution in [3.05, 3.63) is 0 Å². The summed E-state index contributed by atoms with van der Waals surface area (Å²) in [5.41, 5.74) is 0. The van der Waals surface area contributed by atoms with Crippen LogP contribution in [0.25, 0.3) is 0 Å². The predicted octanol–water partition coefficient (Wildman–Crippen LogP) is -2.43. The number of aliphatic hydroxyl groups excluding tert-OH is 2. The first-order chi connectivity index (χ1) is 10.2. The minimum absolute atomic E-state index is 0.0130. The number of carbonyl (C=O) groups excluding carboxylic acids is 1. The van der Waals surface area contributed by atoms with Crippen LogP contribution in [-0.4, -0.2) is 98.5 Å². The summed E-state index contributed by atoms with van der Waals surface area (Å²) in [6.45, 7) is 2.63. The first-order valence-corrected chi connectivity index (χ1v) is 7.19. The van der Waals surface area contributed by atoms with Gasteiger partial charge < -0.3 is 29.7 Å². The van der Waals surface area contributed by atoms with Crippen LogP contribution in [0.2, 0.25) is 0 Å². The third-order valence-electron chi connectivity index (χ3n) is 3.88. The van der Waals surface area contributed by atoms with Crippen molar-refractivity contribution in [3.8, 4) is 0 Å². The van der Waals surface area contributed by atoms with Crippen molar-refractivity contribution < 1.29 is 29.2 Å². The lowest BCUT2D eigenvalue weighted by molar-refractivity contribution is -0.125. The number of methoxy groups -OCH3 is 1. The van der Waals surface area contributed by atoms with Gasteiger partial charge in [0.25, 0.3) is 0 Å². The maximum Gasteiger partial charge on any atom is 0.246 e. The van der Waals surface area contributed by atoms with Crippen molar-refractivity contribution >= 4 is 5.91 Å². The number of hydrogen-bond acceptors (Lipinski definition) is 7. The maximum absolute atomic E-state index is 11.5. The molecule has 2 aliphatic rings. The summed E-state index contributed by atoms with van der Waals surface area (Å²) in [7, 11) is 1.45. The second-order valence-corrected chi connectivity index (χ2v) is 5.26. The van der Waals surface area contributed by atoms with Gasteiger partial charge in [-0.05, 0) is 0 Å². The molecule has 1 amide bonds. The number of nitrogens with one attached hydrogen (secondary N) is 1. The van der Waals surface area contributed by atoms with Crippen molar-refractivity contribution in [1.29, 1.82) is 0 Å².